The van der Waals surface area contributed by atoms with Gasteiger partial charge in [-0.25, -0.2) is 0 Å². The number of rotatable bonds is 5. The molecule has 0 atom stereocenters. The smallest absolute Gasteiger partial charge is 0.238 e. The number of aryl methyl sites for hydroxylation is 2. The molecular weight excluding hydrogens is 292 g/mol. The lowest BCUT2D eigenvalue weighted by molar-refractivity contribution is -0.116. The number of thioether (sulfide) groups is 1. The number of carbonyl (C=O) groups excluding carboxylic acids is 1. The van der Waals surface area contributed by atoms with Crippen LogP contribution in [0, 0.1) is 25.2 Å². The maximum absolute atomic E-state index is 12.4. The molecule has 2 aromatic rings. The van der Waals surface area contributed by atoms with Crippen LogP contribution in [0.1, 0.15) is 11.1 Å². The summed E-state index contributed by atoms with van der Waals surface area (Å²) in [6.07, 6.45) is 0. The number of amides is 1. The lowest BCUT2D eigenvalue weighted by Crippen LogP contribution is -2.32. The molecule has 0 aliphatic rings. The van der Waals surface area contributed by atoms with Crippen LogP contribution < -0.4 is 4.90 Å². The normalized spacial score (nSPS) is 10.0. The second-order valence-corrected chi connectivity index (χ2v) is 6.05. The average Bonchev–Trinajstić information content (AvgIpc) is 2.52. The van der Waals surface area contributed by atoms with Crippen LogP contribution in [0.4, 0.5) is 5.69 Å². The van der Waals surface area contributed by atoms with Gasteiger partial charge in [0.2, 0.25) is 5.91 Å². The first-order valence-electron chi connectivity index (χ1n) is 7.04. The highest BCUT2D eigenvalue weighted by molar-refractivity contribution is 8.00. The molecule has 4 heteroatoms. The van der Waals surface area contributed by atoms with Crippen molar-refractivity contribution in [2.24, 2.45) is 0 Å². The molecule has 0 unspecified atom stereocenters. The number of benzene rings is 2. The summed E-state index contributed by atoms with van der Waals surface area (Å²) in [5.74, 6) is 0.262. The summed E-state index contributed by atoms with van der Waals surface area (Å²) in [6, 6.07) is 17.6. The van der Waals surface area contributed by atoms with Crippen LogP contribution >= 0.6 is 11.8 Å². The van der Waals surface area contributed by atoms with Crippen LogP contribution in [0.25, 0.3) is 0 Å². The maximum atomic E-state index is 12.4. The molecule has 2 aromatic carbocycles. The van der Waals surface area contributed by atoms with Gasteiger partial charge < -0.3 is 0 Å². The average molecular weight is 310 g/mol. The summed E-state index contributed by atoms with van der Waals surface area (Å²) in [5.41, 5.74) is 3.14. The van der Waals surface area contributed by atoms with E-state index in [2.05, 4.69) is 19.1 Å². The number of carbonyl (C=O) groups is 1. The van der Waals surface area contributed by atoms with Crippen molar-refractivity contribution in [3.05, 3.63) is 59.7 Å². The van der Waals surface area contributed by atoms with Gasteiger partial charge in [-0.05, 0) is 37.6 Å². The van der Waals surface area contributed by atoms with E-state index in [4.69, 9.17) is 5.26 Å². The van der Waals surface area contributed by atoms with Crippen molar-refractivity contribution in [3.8, 4) is 6.07 Å². The fourth-order valence-electron chi connectivity index (χ4n) is 2.18. The zero-order valence-electron chi connectivity index (χ0n) is 12.7. The monoisotopic (exact) mass is 310 g/mol. The Morgan fingerprint density at radius 2 is 1.91 bits per heavy atom. The third kappa shape index (κ3) is 4.12. The number of anilines is 1. The Labute approximate surface area is 135 Å². The number of nitriles is 1. The molecule has 0 aliphatic carbocycles. The predicted molar refractivity (Wildman–Crippen MR) is 91.0 cm³/mol. The summed E-state index contributed by atoms with van der Waals surface area (Å²) in [5, 5.41) is 8.96. The molecular formula is C18H18N2OS. The van der Waals surface area contributed by atoms with E-state index in [1.165, 1.54) is 27.8 Å². The van der Waals surface area contributed by atoms with Gasteiger partial charge in [0.1, 0.15) is 6.54 Å². The standard InChI is InChI=1S/C18H18N2OS/c1-14-8-9-17(15(2)12-14)22-13-18(21)20(11-10-19)16-6-4-3-5-7-16/h3-9,12H,11,13H2,1-2H3. The van der Waals surface area contributed by atoms with Gasteiger partial charge in [-0.3, -0.25) is 9.69 Å². The van der Waals surface area contributed by atoms with Gasteiger partial charge in [0, 0.05) is 10.6 Å². The molecule has 1 amide bonds. The van der Waals surface area contributed by atoms with Crippen LogP contribution in [-0.2, 0) is 4.79 Å². The van der Waals surface area contributed by atoms with Crippen molar-refractivity contribution in [3.63, 3.8) is 0 Å². The molecule has 0 N–H and O–H groups in total. The summed E-state index contributed by atoms with van der Waals surface area (Å²) in [7, 11) is 0. The van der Waals surface area contributed by atoms with E-state index < -0.39 is 0 Å². The largest absolute Gasteiger partial charge is 0.298 e. The van der Waals surface area contributed by atoms with Crippen LogP contribution in [-0.4, -0.2) is 18.2 Å². The van der Waals surface area contributed by atoms with Crippen LogP contribution in [0.5, 0.6) is 0 Å². The Bertz CT molecular complexity index is 692. The highest BCUT2D eigenvalue weighted by Crippen LogP contribution is 2.24. The van der Waals surface area contributed by atoms with E-state index in [-0.39, 0.29) is 12.5 Å². The minimum atomic E-state index is -0.0577. The Morgan fingerprint density at radius 1 is 1.18 bits per heavy atom. The Hall–Kier alpha value is -2.25. The topological polar surface area (TPSA) is 44.1 Å². The first-order chi connectivity index (χ1) is 10.6. The summed E-state index contributed by atoms with van der Waals surface area (Å²) >= 11 is 1.51. The molecule has 0 radical (unpaired) electrons. The lowest BCUT2D eigenvalue weighted by atomic mass is 10.2. The Morgan fingerprint density at radius 3 is 2.55 bits per heavy atom. The zero-order valence-corrected chi connectivity index (χ0v) is 13.6. The summed E-state index contributed by atoms with van der Waals surface area (Å²) in [4.78, 5) is 15.1. The van der Waals surface area contributed by atoms with Crippen molar-refractivity contribution in [1.82, 2.24) is 0 Å². The van der Waals surface area contributed by atoms with Crippen molar-refractivity contribution in [1.29, 1.82) is 5.26 Å². The fraction of sp³-hybridized carbons (Fsp3) is 0.222. The van der Waals surface area contributed by atoms with E-state index in [1.54, 1.807) is 0 Å². The Balaban J connectivity index is 2.07. The second kappa shape index (κ2) is 7.67. The first-order valence-corrected chi connectivity index (χ1v) is 8.03. The van der Waals surface area contributed by atoms with Crippen molar-refractivity contribution < 1.29 is 4.79 Å². The van der Waals surface area contributed by atoms with Gasteiger partial charge >= 0.3 is 0 Å². The molecule has 0 saturated heterocycles. The van der Waals surface area contributed by atoms with E-state index in [1.807, 2.05) is 49.4 Å². The number of hydrogen-bond acceptors (Lipinski definition) is 3. The van der Waals surface area contributed by atoms with Gasteiger partial charge in [0.05, 0.1) is 11.8 Å². The summed E-state index contributed by atoms with van der Waals surface area (Å²) in [6.45, 7) is 4.16. The highest BCUT2D eigenvalue weighted by Gasteiger charge is 2.15. The minimum Gasteiger partial charge on any atom is -0.298 e. The molecule has 0 fully saturated rings. The lowest BCUT2D eigenvalue weighted by Gasteiger charge is -2.19. The second-order valence-electron chi connectivity index (χ2n) is 5.03. The van der Waals surface area contributed by atoms with Crippen molar-refractivity contribution in [2.45, 2.75) is 18.7 Å². The minimum absolute atomic E-state index is 0.0577. The third-order valence-corrected chi connectivity index (χ3v) is 4.44. The molecule has 0 spiro atoms. The molecule has 0 saturated carbocycles. The Kier molecular flexibility index (Phi) is 5.62. The predicted octanol–water partition coefficient (Wildman–Crippen LogP) is 3.95. The van der Waals surface area contributed by atoms with Gasteiger partial charge in [-0.15, -0.1) is 11.8 Å². The highest BCUT2D eigenvalue weighted by atomic mass is 32.2. The van der Waals surface area contributed by atoms with Crippen LogP contribution in [0.3, 0.4) is 0 Å². The maximum Gasteiger partial charge on any atom is 0.238 e. The van der Waals surface area contributed by atoms with E-state index in [0.29, 0.717) is 5.75 Å². The van der Waals surface area contributed by atoms with Crippen LogP contribution in [0.15, 0.2) is 53.4 Å². The molecule has 2 rings (SSSR count). The molecule has 22 heavy (non-hydrogen) atoms. The van der Waals surface area contributed by atoms with E-state index in [0.717, 1.165) is 10.6 Å². The first kappa shape index (κ1) is 16.1. The number of nitrogens with zero attached hydrogens (tertiary/aromatic N) is 2. The van der Waals surface area contributed by atoms with E-state index >= 15 is 0 Å². The van der Waals surface area contributed by atoms with Gasteiger partial charge in [0.15, 0.2) is 0 Å². The molecule has 0 aliphatic heterocycles. The molecule has 112 valence electrons. The SMILES string of the molecule is Cc1ccc(SCC(=O)N(CC#N)c2ccccc2)c(C)c1. The van der Waals surface area contributed by atoms with Crippen LogP contribution in [0.2, 0.25) is 0 Å². The number of hydrogen-bond donors (Lipinski definition) is 0. The molecule has 3 nitrogen and oxygen atoms in total. The third-order valence-electron chi connectivity index (χ3n) is 3.28. The van der Waals surface area contributed by atoms with Gasteiger partial charge in [-0.2, -0.15) is 5.26 Å². The van der Waals surface area contributed by atoms with Crippen molar-refractivity contribution >= 4 is 23.4 Å². The quantitative estimate of drug-likeness (QED) is 0.620. The zero-order chi connectivity index (χ0) is 15.9. The van der Waals surface area contributed by atoms with E-state index in [9.17, 15) is 4.79 Å². The van der Waals surface area contributed by atoms with Gasteiger partial charge in [0.25, 0.3) is 0 Å². The van der Waals surface area contributed by atoms with Crippen molar-refractivity contribution in [2.75, 3.05) is 17.2 Å². The van der Waals surface area contributed by atoms with Gasteiger partial charge in [-0.1, -0.05) is 35.9 Å². The molecule has 0 heterocycles. The molecule has 0 bridgehead atoms. The fourth-order valence-corrected chi connectivity index (χ4v) is 3.07. The number of para-hydroxylation sites is 1. The molecule has 0 aromatic heterocycles. The summed E-state index contributed by atoms with van der Waals surface area (Å²) < 4.78 is 0.